The molecule has 4 rings (SSSR count). The van der Waals surface area contributed by atoms with Crippen LogP contribution in [0.15, 0.2) is 52.6 Å². The van der Waals surface area contributed by atoms with Gasteiger partial charge < -0.3 is 14.8 Å². The van der Waals surface area contributed by atoms with Crippen molar-refractivity contribution in [1.82, 2.24) is 15.1 Å². The fourth-order valence-corrected chi connectivity index (χ4v) is 3.40. The van der Waals surface area contributed by atoms with Crippen LogP contribution in [0.4, 0.5) is 0 Å². The number of thiophene rings is 1. The van der Waals surface area contributed by atoms with E-state index >= 15 is 0 Å². The van der Waals surface area contributed by atoms with Gasteiger partial charge in [-0.1, -0.05) is 6.07 Å². The van der Waals surface area contributed by atoms with Crippen LogP contribution in [-0.4, -0.2) is 22.5 Å². The van der Waals surface area contributed by atoms with Gasteiger partial charge >= 0.3 is 0 Å². The van der Waals surface area contributed by atoms with E-state index in [2.05, 4.69) is 10.4 Å². The van der Waals surface area contributed by atoms with E-state index in [1.54, 1.807) is 36.5 Å². The Kier molecular flexibility index (Phi) is 4.64. The number of hydrogen-bond donors (Lipinski definition) is 1. The first kappa shape index (κ1) is 17.3. The number of amides is 1. The van der Waals surface area contributed by atoms with Crippen LogP contribution in [0.5, 0.6) is 11.5 Å². The summed E-state index contributed by atoms with van der Waals surface area (Å²) < 4.78 is 11.9. The third-order valence-corrected chi connectivity index (χ3v) is 5.13. The van der Waals surface area contributed by atoms with Gasteiger partial charge in [0, 0.05) is 16.5 Å². The number of rotatable bonds is 5. The van der Waals surface area contributed by atoms with Gasteiger partial charge in [0.2, 0.25) is 12.7 Å². The van der Waals surface area contributed by atoms with E-state index < -0.39 is 6.04 Å². The summed E-state index contributed by atoms with van der Waals surface area (Å²) in [7, 11) is 0. The first-order chi connectivity index (χ1) is 13.1. The number of hydrogen-bond acceptors (Lipinski definition) is 6. The van der Waals surface area contributed by atoms with Crippen molar-refractivity contribution in [3.05, 3.63) is 63.1 Å². The zero-order valence-corrected chi connectivity index (χ0v) is 15.4. The zero-order chi connectivity index (χ0) is 18.8. The number of fused-ring (bicyclic) bond motifs is 1. The Bertz CT molecular complexity index is 1030. The molecule has 138 valence electrons. The molecule has 3 aromatic rings. The van der Waals surface area contributed by atoms with E-state index in [1.165, 1.54) is 10.7 Å². The average Bonchev–Trinajstić information content (AvgIpc) is 3.37. The second-order valence-corrected chi connectivity index (χ2v) is 7.07. The smallest absolute Gasteiger partial charge is 0.267 e. The zero-order valence-electron chi connectivity index (χ0n) is 14.5. The van der Waals surface area contributed by atoms with Gasteiger partial charge in [-0.25, -0.2) is 4.68 Å². The number of aromatic nitrogens is 2. The molecular weight excluding hydrogens is 366 g/mol. The van der Waals surface area contributed by atoms with Crippen molar-refractivity contribution in [3.63, 3.8) is 0 Å². The lowest BCUT2D eigenvalue weighted by molar-refractivity contribution is -0.124. The van der Waals surface area contributed by atoms with Gasteiger partial charge in [0.25, 0.3) is 5.56 Å². The lowest BCUT2D eigenvalue weighted by atomic mass is 10.1. The van der Waals surface area contributed by atoms with Crippen molar-refractivity contribution in [1.29, 1.82) is 0 Å². The molecule has 1 N–H and O–H groups in total. The van der Waals surface area contributed by atoms with E-state index in [-0.39, 0.29) is 18.3 Å². The fourth-order valence-electron chi connectivity index (χ4n) is 2.76. The SMILES string of the molecule is CC(C(=O)NCc1cccs1)n1nc(-c2ccc3c(c2)OCO3)ccc1=O. The number of nitrogens with one attached hydrogen (secondary N) is 1. The summed E-state index contributed by atoms with van der Waals surface area (Å²) in [5.74, 6) is 1.04. The highest BCUT2D eigenvalue weighted by molar-refractivity contribution is 7.09. The predicted molar refractivity (Wildman–Crippen MR) is 101 cm³/mol. The molecule has 0 fully saturated rings. The van der Waals surface area contributed by atoms with Gasteiger partial charge in [0.05, 0.1) is 12.2 Å². The Labute approximate surface area is 159 Å². The standard InChI is InChI=1S/C19H17N3O4S/c1-12(19(24)20-10-14-3-2-8-27-14)22-18(23)7-5-15(21-22)13-4-6-16-17(9-13)26-11-25-16/h2-9,12H,10-11H2,1H3,(H,20,24). The molecular formula is C19H17N3O4S. The molecule has 1 aliphatic rings. The van der Waals surface area contributed by atoms with Crippen molar-refractivity contribution in [2.75, 3.05) is 6.79 Å². The summed E-state index contributed by atoms with van der Waals surface area (Å²) in [6, 6.07) is 11.6. The Morgan fingerprint density at radius 1 is 1.26 bits per heavy atom. The number of benzene rings is 1. The normalized spacial score (nSPS) is 13.4. The highest BCUT2D eigenvalue weighted by Gasteiger charge is 2.19. The van der Waals surface area contributed by atoms with E-state index in [1.807, 2.05) is 23.6 Å². The average molecular weight is 383 g/mol. The number of carbonyl (C=O) groups excluding carboxylic acids is 1. The van der Waals surface area contributed by atoms with E-state index in [0.717, 1.165) is 10.4 Å². The van der Waals surface area contributed by atoms with Crippen molar-refractivity contribution in [3.8, 4) is 22.8 Å². The first-order valence-corrected chi connectivity index (χ1v) is 9.30. The summed E-state index contributed by atoms with van der Waals surface area (Å²) in [6.45, 7) is 2.27. The monoisotopic (exact) mass is 383 g/mol. The third-order valence-electron chi connectivity index (χ3n) is 4.26. The van der Waals surface area contributed by atoms with Crippen molar-refractivity contribution >= 4 is 17.2 Å². The molecule has 1 aliphatic heterocycles. The lowest BCUT2D eigenvalue weighted by Crippen LogP contribution is -2.36. The maximum Gasteiger partial charge on any atom is 0.267 e. The summed E-state index contributed by atoms with van der Waals surface area (Å²) in [6.07, 6.45) is 0. The quantitative estimate of drug-likeness (QED) is 0.732. The number of nitrogens with zero attached hydrogens (tertiary/aromatic N) is 2. The summed E-state index contributed by atoms with van der Waals surface area (Å²) >= 11 is 1.56. The van der Waals surface area contributed by atoms with Crippen LogP contribution in [0, 0.1) is 0 Å². The molecule has 0 radical (unpaired) electrons. The molecule has 2 aromatic heterocycles. The number of carbonyl (C=O) groups is 1. The van der Waals surface area contributed by atoms with Crippen LogP contribution in [0.1, 0.15) is 17.8 Å². The molecule has 8 heteroatoms. The van der Waals surface area contributed by atoms with Crippen LogP contribution < -0.4 is 20.3 Å². The highest BCUT2D eigenvalue weighted by Crippen LogP contribution is 2.35. The maximum atomic E-state index is 12.4. The molecule has 0 spiro atoms. The topological polar surface area (TPSA) is 82.5 Å². The van der Waals surface area contributed by atoms with Gasteiger partial charge in [-0.2, -0.15) is 5.10 Å². The highest BCUT2D eigenvalue weighted by atomic mass is 32.1. The largest absolute Gasteiger partial charge is 0.454 e. The van der Waals surface area contributed by atoms with Crippen molar-refractivity contribution in [2.24, 2.45) is 0 Å². The van der Waals surface area contributed by atoms with E-state index in [9.17, 15) is 9.59 Å². The summed E-state index contributed by atoms with van der Waals surface area (Å²) in [5, 5.41) is 9.17. The molecule has 1 unspecified atom stereocenters. The Balaban J connectivity index is 1.56. The van der Waals surface area contributed by atoms with Crippen LogP contribution in [0.2, 0.25) is 0 Å². The van der Waals surface area contributed by atoms with Crippen molar-refractivity contribution in [2.45, 2.75) is 19.5 Å². The lowest BCUT2D eigenvalue weighted by Gasteiger charge is -2.15. The van der Waals surface area contributed by atoms with Gasteiger partial charge in [-0.05, 0) is 42.6 Å². The Hall–Kier alpha value is -3.13. The molecule has 1 amide bonds. The van der Waals surface area contributed by atoms with Gasteiger partial charge in [-0.15, -0.1) is 11.3 Å². The maximum absolute atomic E-state index is 12.4. The molecule has 0 aliphatic carbocycles. The van der Waals surface area contributed by atoms with Crippen molar-refractivity contribution < 1.29 is 14.3 Å². The molecule has 7 nitrogen and oxygen atoms in total. The number of ether oxygens (including phenoxy) is 2. The van der Waals surface area contributed by atoms with E-state index in [4.69, 9.17) is 9.47 Å². The van der Waals surface area contributed by atoms with Crippen LogP contribution in [0.3, 0.4) is 0 Å². The first-order valence-electron chi connectivity index (χ1n) is 8.42. The predicted octanol–water partition coefficient (Wildman–Crippen LogP) is 2.58. The third kappa shape index (κ3) is 3.56. The van der Waals surface area contributed by atoms with Gasteiger partial charge in [0.1, 0.15) is 6.04 Å². The second kappa shape index (κ2) is 7.24. The fraction of sp³-hybridized carbons (Fsp3) is 0.211. The summed E-state index contributed by atoms with van der Waals surface area (Å²) in [4.78, 5) is 25.7. The Morgan fingerprint density at radius 2 is 2.11 bits per heavy atom. The van der Waals surface area contributed by atoms with Gasteiger partial charge in [0.15, 0.2) is 11.5 Å². The molecule has 3 heterocycles. The minimum Gasteiger partial charge on any atom is -0.454 e. The second-order valence-electron chi connectivity index (χ2n) is 6.04. The summed E-state index contributed by atoms with van der Waals surface area (Å²) in [5.41, 5.74) is 1.02. The Morgan fingerprint density at radius 3 is 2.93 bits per heavy atom. The van der Waals surface area contributed by atoms with E-state index in [0.29, 0.717) is 23.7 Å². The molecule has 1 atom stereocenters. The molecule has 0 saturated carbocycles. The van der Waals surface area contributed by atoms with Crippen LogP contribution in [0.25, 0.3) is 11.3 Å². The molecule has 0 bridgehead atoms. The molecule has 27 heavy (non-hydrogen) atoms. The van der Waals surface area contributed by atoms with Gasteiger partial charge in [-0.3, -0.25) is 9.59 Å². The van der Waals surface area contributed by atoms with Crippen LogP contribution in [-0.2, 0) is 11.3 Å². The molecule has 0 saturated heterocycles. The molecule has 1 aromatic carbocycles. The minimum absolute atomic E-state index is 0.188. The van der Waals surface area contributed by atoms with Crippen LogP contribution >= 0.6 is 11.3 Å². The minimum atomic E-state index is -0.730.